The summed E-state index contributed by atoms with van der Waals surface area (Å²) in [5.41, 5.74) is 5.73. The summed E-state index contributed by atoms with van der Waals surface area (Å²) in [6.07, 6.45) is -0.765. The van der Waals surface area contributed by atoms with Crippen molar-refractivity contribution in [1.82, 2.24) is 16.0 Å². The first-order valence-electron chi connectivity index (χ1n) is 9.40. The predicted octanol–water partition coefficient (Wildman–Crippen LogP) is -1.04. The van der Waals surface area contributed by atoms with Crippen LogP contribution in [0.1, 0.15) is 48.0 Å². The van der Waals surface area contributed by atoms with Crippen molar-refractivity contribution in [3.63, 3.8) is 0 Å². The molecule has 0 aliphatic rings. The largest absolute Gasteiger partial charge is 0.480 e. The molecule has 0 aromatic carbocycles. The number of rotatable bonds is 11. The third-order valence-electron chi connectivity index (χ3n) is 4.61. The van der Waals surface area contributed by atoms with Crippen LogP contribution in [-0.2, 0) is 19.2 Å². The van der Waals surface area contributed by atoms with Gasteiger partial charge in [-0.25, -0.2) is 4.79 Å². The minimum Gasteiger partial charge on any atom is -0.480 e. The zero-order chi connectivity index (χ0) is 22.2. The van der Waals surface area contributed by atoms with Gasteiger partial charge < -0.3 is 31.9 Å². The summed E-state index contributed by atoms with van der Waals surface area (Å²) >= 11 is 0. The molecule has 10 nitrogen and oxygen atoms in total. The standard InChI is InChI=1S/C18H34N4O6/c1-7-9(4)13(18(27)28)21-17(26)14(11(6)23)22-15(24)10(5)20-16(25)12(19)8(2)3/h8-14,23H,7,19H2,1-6H3,(H,20,25)(H,21,26)(H,22,24)(H,27,28). The number of aliphatic carboxylic acids is 1. The second kappa shape index (κ2) is 11.6. The van der Waals surface area contributed by atoms with Gasteiger partial charge in [0.15, 0.2) is 0 Å². The van der Waals surface area contributed by atoms with Crippen LogP contribution in [0.4, 0.5) is 0 Å². The van der Waals surface area contributed by atoms with Crippen LogP contribution in [0.15, 0.2) is 0 Å². The van der Waals surface area contributed by atoms with E-state index >= 15 is 0 Å². The number of carbonyl (C=O) groups is 4. The van der Waals surface area contributed by atoms with Gasteiger partial charge in [-0.3, -0.25) is 14.4 Å². The van der Waals surface area contributed by atoms with Gasteiger partial charge in [0.2, 0.25) is 17.7 Å². The smallest absolute Gasteiger partial charge is 0.326 e. The highest BCUT2D eigenvalue weighted by Crippen LogP contribution is 2.09. The number of nitrogens with two attached hydrogens (primary N) is 1. The van der Waals surface area contributed by atoms with Gasteiger partial charge in [-0.05, 0) is 25.7 Å². The number of hydrogen-bond donors (Lipinski definition) is 6. The summed E-state index contributed by atoms with van der Waals surface area (Å²) in [6.45, 7) is 9.69. The van der Waals surface area contributed by atoms with Gasteiger partial charge in [0.25, 0.3) is 0 Å². The molecule has 0 spiro atoms. The molecule has 3 amide bonds. The Kier molecular flexibility index (Phi) is 10.7. The number of amides is 3. The number of carboxylic acids is 1. The molecule has 0 bridgehead atoms. The van der Waals surface area contributed by atoms with Gasteiger partial charge in [0, 0.05) is 0 Å². The molecule has 0 aromatic heterocycles. The lowest BCUT2D eigenvalue weighted by Crippen LogP contribution is -2.60. The van der Waals surface area contributed by atoms with Gasteiger partial charge in [0.05, 0.1) is 12.1 Å². The summed E-state index contributed by atoms with van der Waals surface area (Å²) in [6, 6.07) is -4.33. The Morgan fingerprint density at radius 1 is 0.857 bits per heavy atom. The Bertz CT molecular complexity index is 566. The predicted molar refractivity (Wildman–Crippen MR) is 103 cm³/mol. The van der Waals surface area contributed by atoms with Crippen molar-refractivity contribution in [2.45, 2.75) is 78.2 Å². The third kappa shape index (κ3) is 7.81. The Morgan fingerprint density at radius 3 is 1.75 bits per heavy atom. The minimum atomic E-state index is -1.38. The fourth-order valence-electron chi connectivity index (χ4n) is 2.29. The van der Waals surface area contributed by atoms with Crippen molar-refractivity contribution in [2.75, 3.05) is 0 Å². The molecule has 162 valence electrons. The highest BCUT2D eigenvalue weighted by molar-refractivity contribution is 5.94. The van der Waals surface area contributed by atoms with Crippen LogP contribution in [0.25, 0.3) is 0 Å². The second-order valence-corrected chi connectivity index (χ2v) is 7.44. The molecule has 0 aliphatic heterocycles. The molecule has 0 saturated carbocycles. The van der Waals surface area contributed by atoms with E-state index in [4.69, 9.17) is 5.73 Å². The third-order valence-corrected chi connectivity index (χ3v) is 4.61. The van der Waals surface area contributed by atoms with E-state index in [1.165, 1.54) is 13.8 Å². The minimum absolute atomic E-state index is 0.125. The SMILES string of the molecule is CCC(C)C(NC(=O)C(NC(=O)C(C)NC(=O)C(N)C(C)C)C(C)O)C(=O)O. The van der Waals surface area contributed by atoms with Gasteiger partial charge in [-0.15, -0.1) is 0 Å². The van der Waals surface area contributed by atoms with E-state index in [1.54, 1.807) is 27.7 Å². The molecule has 0 saturated heterocycles. The first-order chi connectivity index (χ1) is 12.8. The monoisotopic (exact) mass is 402 g/mol. The van der Waals surface area contributed by atoms with Crippen LogP contribution in [0.5, 0.6) is 0 Å². The lowest BCUT2D eigenvalue weighted by atomic mass is 9.98. The summed E-state index contributed by atoms with van der Waals surface area (Å²) in [4.78, 5) is 48.1. The van der Waals surface area contributed by atoms with E-state index in [1.807, 2.05) is 0 Å². The maximum Gasteiger partial charge on any atom is 0.326 e. The quantitative estimate of drug-likeness (QED) is 0.256. The van der Waals surface area contributed by atoms with E-state index in [-0.39, 0.29) is 11.8 Å². The summed E-state index contributed by atoms with van der Waals surface area (Å²) < 4.78 is 0. The maximum atomic E-state index is 12.4. The molecule has 0 aromatic rings. The average molecular weight is 402 g/mol. The van der Waals surface area contributed by atoms with E-state index < -0.39 is 54.0 Å². The number of nitrogens with one attached hydrogen (secondary N) is 3. The first-order valence-corrected chi connectivity index (χ1v) is 9.40. The molecule has 0 radical (unpaired) electrons. The Morgan fingerprint density at radius 2 is 1.36 bits per heavy atom. The van der Waals surface area contributed by atoms with Gasteiger partial charge in [0.1, 0.15) is 18.1 Å². The van der Waals surface area contributed by atoms with E-state index in [2.05, 4.69) is 16.0 Å². The van der Waals surface area contributed by atoms with Crippen LogP contribution in [0.2, 0.25) is 0 Å². The van der Waals surface area contributed by atoms with Crippen molar-refractivity contribution in [3.8, 4) is 0 Å². The highest BCUT2D eigenvalue weighted by atomic mass is 16.4. The zero-order valence-corrected chi connectivity index (χ0v) is 17.4. The van der Waals surface area contributed by atoms with E-state index in [0.29, 0.717) is 6.42 Å². The van der Waals surface area contributed by atoms with Crippen LogP contribution in [0.3, 0.4) is 0 Å². The van der Waals surface area contributed by atoms with Crippen molar-refractivity contribution in [2.24, 2.45) is 17.6 Å². The van der Waals surface area contributed by atoms with Crippen molar-refractivity contribution in [1.29, 1.82) is 0 Å². The summed E-state index contributed by atoms with van der Waals surface area (Å²) in [7, 11) is 0. The van der Waals surface area contributed by atoms with Crippen molar-refractivity contribution >= 4 is 23.7 Å². The fourth-order valence-corrected chi connectivity index (χ4v) is 2.29. The van der Waals surface area contributed by atoms with E-state index in [0.717, 1.165) is 0 Å². The number of aliphatic hydroxyl groups is 1. The number of hydrogen-bond acceptors (Lipinski definition) is 6. The number of aliphatic hydroxyl groups excluding tert-OH is 1. The highest BCUT2D eigenvalue weighted by Gasteiger charge is 2.33. The van der Waals surface area contributed by atoms with Crippen LogP contribution >= 0.6 is 0 Å². The second-order valence-electron chi connectivity index (χ2n) is 7.44. The van der Waals surface area contributed by atoms with Crippen LogP contribution < -0.4 is 21.7 Å². The van der Waals surface area contributed by atoms with E-state index in [9.17, 15) is 29.4 Å². The summed E-state index contributed by atoms with van der Waals surface area (Å²) in [5.74, 6) is -3.73. The molecular formula is C18H34N4O6. The first kappa shape index (κ1) is 25.8. The lowest BCUT2D eigenvalue weighted by Gasteiger charge is -2.27. The Balaban J connectivity index is 5.09. The van der Waals surface area contributed by atoms with Crippen LogP contribution in [-0.4, -0.2) is 64.2 Å². The molecule has 10 heteroatoms. The molecule has 28 heavy (non-hydrogen) atoms. The van der Waals surface area contributed by atoms with Gasteiger partial charge >= 0.3 is 5.97 Å². The lowest BCUT2D eigenvalue weighted by molar-refractivity contribution is -0.144. The molecule has 0 rings (SSSR count). The Labute approximate surface area is 165 Å². The molecule has 6 atom stereocenters. The molecule has 7 N–H and O–H groups in total. The summed E-state index contributed by atoms with van der Waals surface area (Å²) in [5, 5.41) is 26.3. The zero-order valence-electron chi connectivity index (χ0n) is 17.4. The molecule has 0 aliphatic carbocycles. The molecule has 6 unspecified atom stereocenters. The number of carbonyl (C=O) groups excluding carboxylic acids is 3. The molecule has 0 fully saturated rings. The van der Waals surface area contributed by atoms with Gasteiger partial charge in [-0.1, -0.05) is 34.1 Å². The maximum absolute atomic E-state index is 12.4. The van der Waals surface area contributed by atoms with Gasteiger partial charge in [-0.2, -0.15) is 0 Å². The molecule has 0 heterocycles. The number of carboxylic acid groups (broad SMARTS) is 1. The van der Waals surface area contributed by atoms with Crippen molar-refractivity contribution in [3.05, 3.63) is 0 Å². The Hall–Kier alpha value is -2.20. The normalized spacial score (nSPS) is 17.6. The fraction of sp³-hybridized carbons (Fsp3) is 0.778. The molecular weight excluding hydrogens is 368 g/mol. The van der Waals surface area contributed by atoms with Crippen molar-refractivity contribution < 1.29 is 29.4 Å². The van der Waals surface area contributed by atoms with Crippen LogP contribution in [0, 0.1) is 11.8 Å². The topological polar surface area (TPSA) is 171 Å². The average Bonchev–Trinajstić information content (AvgIpc) is 2.61.